The summed E-state index contributed by atoms with van der Waals surface area (Å²) in [6.45, 7) is 12.4. The molecular weight excluding hydrogens is 268 g/mol. The van der Waals surface area contributed by atoms with Gasteiger partial charge in [0.15, 0.2) is 0 Å². The van der Waals surface area contributed by atoms with Crippen LogP contribution in [0.5, 0.6) is 0 Å². The van der Waals surface area contributed by atoms with Crippen molar-refractivity contribution in [3.63, 3.8) is 0 Å². The molecule has 1 heterocycles. The molecule has 0 aromatic rings. The first-order valence-electron chi connectivity index (χ1n) is 8.05. The molecule has 0 aromatic heterocycles. The molecule has 2 N–H and O–H groups in total. The van der Waals surface area contributed by atoms with Crippen LogP contribution in [-0.2, 0) is 4.74 Å². The van der Waals surface area contributed by atoms with E-state index in [9.17, 15) is 9.90 Å². The van der Waals surface area contributed by atoms with Gasteiger partial charge in [-0.25, -0.2) is 4.79 Å². The molecule has 1 rings (SSSR count). The standard InChI is InChI=1S/C16H32N2O3/c1-12(2)14(11-19)17-9-13-7-6-8-18(10-13)15(20)21-16(3,4)5/h12-14,17,19H,6-11H2,1-5H3/t13?,14-/m1/s1. The summed E-state index contributed by atoms with van der Waals surface area (Å²) in [5.41, 5.74) is -0.443. The largest absolute Gasteiger partial charge is 0.444 e. The van der Waals surface area contributed by atoms with Crippen molar-refractivity contribution in [2.75, 3.05) is 26.2 Å². The summed E-state index contributed by atoms with van der Waals surface area (Å²) in [6, 6.07) is 0.127. The number of carbonyl (C=O) groups excluding carboxylic acids is 1. The van der Waals surface area contributed by atoms with E-state index in [4.69, 9.17) is 4.74 Å². The Kier molecular flexibility index (Phi) is 6.94. The Balaban J connectivity index is 2.43. The van der Waals surface area contributed by atoms with Crippen molar-refractivity contribution < 1.29 is 14.6 Å². The Morgan fingerprint density at radius 1 is 1.43 bits per heavy atom. The molecule has 1 unspecified atom stereocenters. The van der Waals surface area contributed by atoms with Crippen molar-refractivity contribution in [3.05, 3.63) is 0 Å². The lowest BCUT2D eigenvalue weighted by atomic mass is 9.97. The van der Waals surface area contributed by atoms with Crippen LogP contribution < -0.4 is 5.32 Å². The Morgan fingerprint density at radius 2 is 2.10 bits per heavy atom. The monoisotopic (exact) mass is 300 g/mol. The van der Waals surface area contributed by atoms with Gasteiger partial charge in [-0.15, -0.1) is 0 Å². The summed E-state index contributed by atoms with van der Waals surface area (Å²) >= 11 is 0. The first kappa shape index (κ1) is 18.2. The third-order valence-corrected chi connectivity index (χ3v) is 3.84. The van der Waals surface area contributed by atoms with Gasteiger partial charge in [0.25, 0.3) is 0 Å². The maximum Gasteiger partial charge on any atom is 0.410 e. The Bertz CT molecular complexity index is 326. The van der Waals surface area contributed by atoms with Gasteiger partial charge >= 0.3 is 6.09 Å². The summed E-state index contributed by atoms with van der Waals surface area (Å²) in [6.07, 6.45) is 1.91. The third-order valence-electron chi connectivity index (χ3n) is 3.84. The van der Waals surface area contributed by atoms with Gasteiger partial charge in [-0.2, -0.15) is 0 Å². The number of aliphatic hydroxyl groups excluding tert-OH is 1. The number of likely N-dealkylation sites (tertiary alicyclic amines) is 1. The molecule has 2 atom stereocenters. The number of hydrogen-bond acceptors (Lipinski definition) is 4. The topological polar surface area (TPSA) is 61.8 Å². The summed E-state index contributed by atoms with van der Waals surface area (Å²) in [5, 5.41) is 12.8. The molecule has 0 aliphatic carbocycles. The van der Waals surface area contributed by atoms with Crippen LogP contribution in [0.2, 0.25) is 0 Å². The van der Waals surface area contributed by atoms with Crippen LogP contribution in [0.15, 0.2) is 0 Å². The highest BCUT2D eigenvalue weighted by atomic mass is 16.6. The van der Waals surface area contributed by atoms with Crippen molar-refractivity contribution >= 4 is 6.09 Å². The second kappa shape index (κ2) is 7.99. The zero-order valence-corrected chi connectivity index (χ0v) is 14.2. The summed E-state index contributed by atoms with van der Waals surface area (Å²) in [7, 11) is 0. The highest BCUT2D eigenvalue weighted by Crippen LogP contribution is 2.19. The molecule has 1 aliphatic rings. The minimum absolute atomic E-state index is 0.127. The number of amides is 1. The van der Waals surface area contributed by atoms with E-state index in [-0.39, 0.29) is 18.7 Å². The molecule has 0 bridgehead atoms. The van der Waals surface area contributed by atoms with Gasteiger partial charge in [-0.05, 0) is 45.4 Å². The molecule has 0 radical (unpaired) electrons. The highest BCUT2D eigenvalue weighted by molar-refractivity contribution is 5.68. The summed E-state index contributed by atoms with van der Waals surface area (Å²) in [4.78, 5) is 13.9. The van der Waals surface area contributed by atoms with Gasteiger partial charge in [-0.1, -0.05) is 13.8 Å². The molecular formula is C16H32N2O3. The van der Waals surface area contributed by atoms with E-state index in [0.717, 1.165) is 32.5 Å². The van der Waals surface area contributed by atoms with Crippen LogP contribution in [0.1, 0.15) is 47.5 Å². The number of nitrogens with zero attached hydrogens (tertiary/aromatic N) is 1. The fraction of sp³-hybridized carbons (Fsp3) is 0.938. The Labute approximate surface area is 129 Å². The minimum Gasteiger partial charge on any atom is -0.444 e. The lowest BCUT2D eigenvalue weighted by Gasteiger charge is -2.35. The lowest BCUT2D eigenvalue weighted by Crippen LogP contribution is -2.47. The highest BCUT2D eigenvalue weighted by Gasteiger charge is 2.28. The molecule has 1 aliphatic heterocycles. The van der Waals surface area contributed by atoms with Crippen molar-refractivity contribution in [1.82, 2.24) is 10.2 Å². The van der Waals surface area contributed by atoms with E-state index < -0.39 is 5.60 Å². The predicted octanol–water partition coefficient (Wildman–Crippen LogP) is 2.24. The van der Waals surface area contributed by atoms with Gasteiger partial charge in [0.05, 0.1) is 6.61 Å². The van der Waals surface area contributed by atoms with E-state index in [2.05, 4.69) is 19.2 Å². The molecule has 1 amide bonds. The lowest BCUT2D eigenvalue weighted by molar-refractivity contribution is 0.0163. The van der Waals surface area contributed by atoms with Crippen LogP contribution in [0.3, 0.4) is 0 Å². The average Bonchev–Trinajstić information content (AvgIpc) is 2.37. The van der Waals surface area contributed by atoms with Crippen LogP contribution in [0.25, 0.3) is 0 Å². The van der Waals surface area contributed by atoms with Crippen LogP contribution >= 0.6 is 0 Å². The van der Waals surface area contributed by atoms with Crippen LogP contribution in [0.4, 0.5) is 4.79 Å². The second-order valence-corrected chi connectivity index (χ2v) is 7.38. The van der Waals surface area contributed by atoms with Crippen molar-refractivity contribution in [2.24, 2.45) is 11.8 Å². The molecule has 0 aromatic carbocycles. The molecule has 1 fully saturated rings. The first-order valence-corrected chi connectivity index (χ1v) is 8.05. The van der Waals surface area contributed by atoms with Gasteiger partial charge in [0.1, 0.15) is 5.60 Å². The molecule has 0 saturated carbocycles. The van der Waals surface area contributed by atoms with Crippen molar-refractivity contribution in [2.45, 2.75) is 59.1 Å². The molecule has 1 saturated heterocycles. The minimum atomic E-state index is -0.443. The van der Waals surface area contributed by atoms with E-state index in [0.29, 0.717) is 11.8 Å². The predicted molar refractivity (Wildman–Crippen MR) is 84.2 cm³/mol. The molecule has 5 heteroatoms. The second-order valence-electron chi connectivity index (χ2n) is 7.38. The zero-order valence-electron chi connectivity index (χ0n) is 14.2. The molecule has 5 nitrogen and oxygen atoms in total. The van der Waals surface area contributed by atoms with E-state index in [1.807, 2.05) is 25.7 Å². The first-order chi connectivity index (χ1) is 9.73. The fourth-order valence-corrected chi connectivity index (χ4v) is 2.55. The zero-order chi connectivity index (χ0) is 16.0. The normalized spacial score (nSPS) is 21.5. The molecule has 0 spiro atoms. The average molecular weight is 300 g/mol. The van der Waals surface area contributed by atoms with Crippen LogP contribution in [-0.4, -0.2) is 54.0 Å². The van der Waals surface area contributed by atoms with Crippen molar-refractivity contribution in [3.8, 4) is 0 Å². The number of carbonyl (C=O) groups is 1. The van der Waals surface area contributed by atoms with E-state index in [1.54, 1.807) is 0 Å². The van der Waals surface area contributed by atoms with E-state index in [1.165, 1.54) is 0 Å². The third kappa shape index (κ3) is 6.66. The van der Waals surface area contributed by atoms with Crippen molar-refractivity contribution in [1.29, 1.82) is 0 Å². The van der Waals surface area contributed by atoms with Gasteiger partial charge in [-0.3, -0.25) is 0 Å². The SMILES string of the molecule is CC(C)[C@@H](CO)NCC1CCCN(C(=O)OC(C)(C)C)C1. The molecule has 21 heavy (non-hydrogen) atoms. The Morgan fingerprint density at radius 3 is 2.62 bits per heavy atom. The molecule has 124 valence electrons. The van der Waals surface area contributed by atoms with Gasteiger partial charge < -0.3 is 20.1 Å². The fourth-order valence-electron chi connectivity index (χ4n) is 2.55. The summed E-state index contributed by atoms with van der Waals surface area (Å²) in [5.74, 6) is 0.833. The number of rotatable bonds is 5. The number of hydrogen-bond donors (Lipinski definition) is 2. The number of ether oxygens (including phenoxy) is 1. The number of piperidine rings is 1. The number of nitrogens with one attached hydrogen (secondary N) is 1. The van der Waals surface area contributed by atoms with Crippen LogP contribution in [0, 0.1) is 11.8 Å². The Hall–Kier alpha value is -0.810. The summed E-state index contributed by atoms with van der Waals surface area (Å²) < 4.78 is 5.44. The number of aliphatic hydroxyl groups is 1. The van der Waals surface area contributed by atoms with E-state index >= 15 is 0 Å². The van der Waals surface area contributed by atoms with Gasteiger partial charge in [0.2, 0.25) is 0 Å². The maximum atomic E-state index is 12.1. The smallest absolute Gasteiger partial charge is 0.410 e. The van der Waals surface area contributed by atoms with Gasteiger partial charge in [0, 0.05) is 25.7 Å². The maximum absolute atomic E-state index is 12.1. The quantitative estimate of drug-likeness (QED) is 0.817.